The summed E-state index contributed by atoms with van der Waals surface area (Å²) >= 11 is 0. The molecule has 14 heteroatoms. The van der Waals surface area contributed by atoms with Crippen LogP contribution in [-0.2, 0) is 63.6 Å². The van der Waals surface area contributed by atoms with Crippen molar-refractivity contribution in [2.45, 2.75) is 191 Å². The van der Waals surface area contributed by atoms with E-state index in [1.807, 2.05) is 0 Å². The van der Waals surface area contributed by atoms with Crippen LogP contribution in [0.25, 0.3) is 0 Å². The summed E-state index contributed by atoms with van der Waals surface area (Å²) in [6.45, 7) is 17.5. The normalized spacial score (nSPS) is 45.5. The van der Waals surface area contributed by atoms with Crippen LogP contribution >= 0.6 is 7.82 Å². The van der Waals surface area contributed by atoms with Gasteiger partial charge in [0.1, 0.15) is 22.4 Å². The van der Waals surface area contributed by atoms with Crippen molar-refractivity contribution in [1.29, 1.82) is 0 Å². The zero-order chi connectivity index (χ0) is 43.2. The standard InChI is InChI=1S/C47H73O12PS/c1-9-51-60(48,52-10-2)53-27-33-13-15-35(16-14-33)61(49,50)28-34(23-40-31(5)38-17-11-29(3)36-19-21-44(7)25-42(54-40)46(36,38)58-56-44)24-41-32(6)39-18-12-30(4)37-20-22-45(8)26-43(55-41)47(37,39)59-57-45/h13-16,29-32,34,36-43H,9-12,17-28H2,1-8H3/t29-,30-,31-,32-,36+,37+,38+,39+,40-,41-,42-,43-,44+,45+,46-,47-/m1/s1. The summed E-state index contributed by atoms with van der Waals surface area (Å²) in [5.41, 5.74) is -1.08. The summed E-state index contributed by atoms with van der Waals surface area (Å²) in [5.74, 6) is 2.36. The Labute approximate surface area is 364 Å². The van der Waals surface area contributed by atoms with Gasteiger partial charge in [0, 0.05) is 12.8 Å². The molecule has 10 aliphatic rings. The van der Waals surface area contributed by atoms with E-state index < -0.39 is 40.1 Å². The van der Waals surface area contributed by atoms with Crippen molar-refractivity contribution in [2.24, 2.45) is 53.3 Å². The Kier molecular flexibility index (Phi) is 12.4. The third-order valence-electron chi connectivity index (χ3n) is 17.5. The molecular weight excluding hydrogens is 820 g/mol. The maximum absolute atomic E-state index is 14.7. The van der Waals surface area contributed by atoms with Crippen molar-refractivity contribution in [3.8, 4) is 0 Å². The van der Waals surface area contributed by atoms with Gasteiger partial charge in [-0.05, 0) is 163 Å². The van der Waals surface area contributed by atoms with Gasteiger partial charge in [0.25, 0.3) is 0 Å². The molecule has 0 amide bonds. The average Bonchev–Trinajstić information content (AvgIpc) is 3.59. The van der Waals surface area contributed by atoms with Gasteiger partial charge in [0.2, 0.25) is 0 Å². The van der Waals surface area contributed by atoms with Crippen LogP contribution in [0, 0.1) is 53.3 Å². The number of hydrogen-bond acceptors (Lipinski definition) is 12. The molecule has 6 saturated heterocycles. The summed E-state index contributed by atoms with van der Waals surface area (Å²) in [6, 6.07) is 6.71. The minimum absolute atomic E-state index is 0.0270. The van der Waals surface area contributed by atoms with Crippen molar-refractivity contribution >= 4 is 17.7 Å². The zero-order valence-corrected chi connectivity index (χ0v) is 39.6. The van der Waals surface area contributed by atoms with Crippen molar-refractivity contribution in [3.63, 3.8) is 0 Å². The molecule has 2 spiro atoms. The van der Waals surface area contributed by atoms with Gasteiger partial charge in [0.15, 0.2) is 9.84 Å². The lowest BCUT2D eigenvalue weighted by molar-refractivity contribution is -0.488. The maximum Gasteiger partial charge on any atom is 0.475 e. The first-order valence-electron chi connectivity index (χ1n) is 23.9. The molecule has 0 aromatic heterocycles. The van der Waals surface area contributed by atoms with Crippen LogP contribution in [0.15, 0.2) is 29.2 Å². The van der Waals surface area contributed by atoms with E-state index in [0.29, 0.717) is 42.1 Å². The second-order valence-corrected chi connectivity index (χ2v) is 25.0. The van der Waals surface area contributed by atoms with Gasteiger partial charge in [-0.3, -0.25) is 13.6 Å². The molecule has 4 bridgehead atoms. The second-order valence-electron chi connectivity index (χ2n) is 21.3. The topological polar surface area (TPSA) is 134 Å². The molecule has 1 aromatic rings. The lowest BCUT2D eigenvalue weighted by atomic mass is 9.55. The monoisotopic (exact) mass is 892 g/mol. The Hall–Kier alpha value is -0.960. The average molecular weight is 893 g/mol. The predicted octanol–water partition coefficient (Wildman–Crippen LogP) is 9.97. The summed E-state index contributed by atoms with van der Waals surface area (Å²) in [6.07, 6.45) is 10.8. The number of phosphoric ester groups is 1. The summed E-state index contributed by atoms with van der Waals surface area (Å²) < 4.78 is 73.1. The Balaban J connectivity index is 0.998. The smallest absolute Gasteiger partial charge is 0.371 e. The highest BCUT2D eigenvalue weighted by atomic mass is 32.2. The highest BCUT2D eigenvalue weighted by Gasteiger charge is 2.70. The molecule has 4 aliphatic carbocycles. The molecule has 12 nitrogen and oxygen atoms in total. The van der Waals surface area contributed by atoms with Crippen molar-refractivity contribution in [3.05, 3.63) is 29.8 Å². The summed E-state index contributed by atoms with van der Waals surface area (Å²) in [4.78, 5) is 26.1. The van der Waals surface area contributed by atoms with Gasteiger partial charge >= 0.3 is 7.82 Å². The molecule has 11 rings (SSSR count). The van der Waals surface area contributed by atoms with Crippen LogP contribution in [-0.4, -0.2) is 74.2 Å². The Bertz CT molecular complexity index is 1810. The van der Waals surface area contributed by atoms with Crippen LogP contribution in [0.2, 0.25) is 0 Å². The fraction of sp³-hybridized carbons (Fsp3) is 0.872. The first-order chi connectivity index (χ1) is 29.0. The van der Waals surface area contributed by atoms with E-state index in [2.05, 4.69) is 41.5 Å². The fourth-order valence-corrected chi connectivity index (χ4v) is 17.1. The Morgan fingerprint density at radius 1 is 0.672 bits per heavy atom. The Morgan fingerprint density at radius 3 is 1.61 bits per heavy atom. The molecule has 16 atom stereocenters. The van der Waals surface area contributed by atoms with Gasteiger partial charge < -0.3 is 9.47 Å². The van der Waals surface area contributed by atoms with E-state index in [1.54, 1.807) is 38.1 Å². The SMILES string of the molecule is CCOP(=O)(OCC)OCc1ccc(S(=O)(=O)CC(C[C@H]2O[C@@H]3C[C@]4(C)CC[C@H]5[C@H](C)CC[C@@H]([C@H]2C)[C@@]35OO4)C[C@H]2O[C@@H]3C[C@]4(C)CC[C@H]5[C@H](C)CC[C@@H]([C@H]2C)[C@@]35OO4)cc1. The lowest BCUT2D eigenvalue weighted by Gasteiger charge is -2.62. The van der Waals surface area contributed by atoms with Gasteiger partial charge in [-0.15, -0.1) is 0 Å². The van der Waals surface area contributed by atoms with E-state index in [9.17, 15) is 13.0 Å². The predicted molar refractivity (Wildman–Crippen MR) is 228 cm³/mol. The number of hydrogen-bond donors (Lipinski definition) is 0. The van der Waals surface area contributed by atoms with E-state index >= 15 is 0 Å². The van der Waals surface area contributed by atoms with E-state index in [1.165, 1.54) is 0 Å². The maximum atomic E-state index is 14.7. The molecule has 0 radical (unpaired) electrons. The molecule has 10 fully saturated rings. The van der Waals surface area contributed by atoms with Crippen molar-refractivity contribution in [1.82, 2.24) is 0 Å². The highest BCUT2D eigenvalue weighted by molar-refractivity contribution is 7.91. The first kappa shape index (κ1) is 45.2. The van der Waals surface area contributed by atoms with Gasteiger partial charge in [-0.2, -0.15) is 0 Å². The van der Waals surface area contributed by atoms with Gasteiger partial charge in [0.05, 0.1) is 54.9 Å². The van der Waals surface area contributed by atoms with Gasteiger partial charge in [-0.1, -0.05) is 39.8 Å². The molecule has 6 heterocycles. The van der Waals surface area contributed by atoms with E-state index in [-0.39, 0.29) is 84.5 Å². The van der Waals surface area contributed by atoms with Crippen LogP contribution in [0.5, 0.6) is 0 Å². The van der Waals surface area contributed by atoms with Crippen LogP contribution in [0.1, 0.15) is 138 Å². The third-order valence-corrected chi connectivity index (χ3v) is 21.0. The van der Waals surface area contributed by atoms with Crippen LogP contribution in [0.4, 0.5) is 0 Å². The first-order valence-corrected chi connectivity index (χ1v) is 27.0. The molecule has 0 unspecified atom stereocenters. The number of sulfone groups is 1. The molecule has 344 valence electrons. The molecule has 0 N–H and O–H groups in total. The Morgan fingerprint density at radius 2 is 1.15 bits per heavy atom. The van der Waals surface area contributed by atoms with Gasteiger partial charge in [-0.25, -0.2) is 32.5 Å². The summed E-state index contributed by atoms with van der Waals surface area (Å²) in [7, 11) is -7.49. The highest BCUT2D eigenvalue weighted by Crippen LogP contribution is 2.64. The summed E-state index contributed by atoms with van der Waals surface area (Å²) in [5, 5.41) is 0. The molecule has 6 aliphatic heterocycles. The van der Waals surface area contributed by atoms with E-state index in [0.717, 1.165) is 64.2 Å². The molecular formula is C47H73O12PS. The molecule has 4 saturated carbocycles. The van der Waals surface area contributed by atoms with Crippen molar-refractivity contribution < 1.29 is 55.6 Å². The zero-order valence-electron chi connectivity index (χ0n) is 37.9. The van der Waals surface area contributed by atoms with Crippen LogP contribution < -0.4 is 0 Å². The molecule has 61 heavy (non-hydrogen) atoms. The lowest BCUT2D eigenvalue weighted by Crippen LogP contribution is -2.69. The largest absolute Gasteiger partial charge is 0.475 e. The number of ether oxygens (including phenoxy) is 2. The quantitative estimate of drug-likeness (QED) is 0.130. The molecule has 1 aromatic carbocycles. The van der Waals surface area contributed by atoms with Crippen LogP contribution in [0.3, 0.4) is 0 Å². The van der Waals surface area contributed by atoms with E-state index in [4.69, 9.17) is 42.6 Å². The minimum Gasteiger partial charge on any atom is -0.371 e. The minimum atomic E-state index is -3.76. The second kappa shape index (κ2) is 16.7. The third kappa shape index (κ3) is 7.89. The fourth-order valence-electron chi connectivity index (χ4n) is 14.3. The van der Waals surface area contributed by atoms with Crippen molar-refractivity contribution in [2.75, 3.05) is 19.0 Å². The number of fused-ring (bicyclic) bond motifs is 4. The number of rotatable bonds is 14. The number of phosphoric acid groups is 1. The number of benzene rings is 1.